The summed E-state index contributed by atoms with van der Waals surface area (Å²) in [4.78, 5) is 0. The van der Waals surface area contributed by atoms with Crippen molar-refractivity contribution in [2.45, 2.75) is 30.0 Å². The van der Waals surface area contributed by atoms with Gasteiger partial charge in [0.15, 0.2) is 0 Å². The minimum atomic E-state index is -3.52. The molecule has 1 aliphatic carbocycles. The molecule has 2 aromatic heterocycles. The van der Waals surface area contributed by atoms with Crippen LogP contribution < -0.4 is 4.72 Å². The van der Waals surface area contributed by atoms with E-state index in [-0.39, 0.29) is 12.0 Å². The summed E-state index contributed by atoms with van der Waals surface area (Å²) >= 11 is 1.22. The van der Waals surface area contributed by atoms with Crippen LogP contribution in [0.15, 0.2) is 59.1 Å². The highest BCUT2D eigenvalue weighted by Crippen LogP contribution is 2.48. The lowest BCUT2D eigenvalue weighted by Crippen LogP contribution is -2.27. The fourth-order valence-corrected chi connectivity index (χ4v) is 5.77. The Morgan fingerprint density at radius 1 is 1.16 bits per heavy atom. The Morgan fingerprint density at radius 2 is 1.92 bits per heavy atom. The van der Waals surface area contributed by atoms with Gasteiger partial charge in [-0.15, -0.1) is 11.3 Å². The van der Waals surface area contributed by atoms with Gasteiger partial charge in [-0.3, -0.25) is 0 Å². The molecule has 0 unspecified atom stereocenters. The molecular weight excluding hydrogens is 354 g/mol. The molecule has 0 aliphatic heterocycles. The van der Waals surface area contributed by atoms with E-state index in [4.69, 9.17) is 0 Å². The van der Waals surface area contributed by atoms with E-state index in [1.165, 1.54) is 16.9 Å². The standard InChI is InChI=1S/C18H19N3O2S2/c1-12-10-19-21(11-12)15-8-9-16(24-15)25(22,23)20-18-13(2)17(18)14-6-4-3-5-7-14/h3-11,13,17-18,20H,1-2H3/t13-,17-,18+/m1/s1. The number of sulfonamides is 1. The summed E-state index contributed by atoms with van der Waals surface area (Å²) < 4.78 is 30.3. The fraction of sp³-hybridized carbons (Fsp3) is 0.278. The minimum Gasteiger partial charge on any atom is -0.231 e. The molecule has 1 aromatic carbocycles. The highest BCUT2D eigenvalue weighted by molar-refractivity contribution is 7.91. The third kappa shape index (κ3) is 3.15. The van der Waals surface area contributed by atoms with Crippen molar-refractivity contribution >= 4 is 21.4 Å². The summed E-state index contributed by atoms with van der Waals surface area (Å²) in [6.45, 7) is 4.03. The molecule has 3 aromatic rings. The van der Waals surface area contributed by atoms with Gasteiger partial charge < -0.3 is 0 Å². The third-order valence-corrected chi connectivity index (χ3v) is 7.65. The van der Waals surface area contributed by atoms with E-state index in [0.717, 1.165) is 10.6 Å². The van der Waals surface area contributed by atoms with E-state index >= 15 is 0 Å². The normalized spacial score (nSPS) is 22.9. The zero-order valence-corrected chi connectivity index (χ0v) is 15.6. The molecule has 7 heteroatoms. The van der Waals surface area contributed by atoms with Crippen LogP contribution in [-0.2, 0) is 10.0 Å². The number of benzene rings is 1. The predicted octanol–water partition coefficient (Wildman–Crippen LogP) is 3.32. The lowest BCUT2D eigenvalue weighted by molar-refractivity contribution is 0.580. The highest BCUT2D eigenvalue weighted by Gasteiger charge is 2.49. The molecule has 1 fully saturated rings. The van der Waals surface area contributed by atoms with Gasteiger partial charge in [-0.25, -0.2) is 17.8 Å². The van der Waals surface area contributed by atoms with E-state index < -0.39 is 10.0 Å². The Morgan fingerprint density at radius 3 is 2.60 bits per heavy atom. The zero-order valence-electron chi connectivity index (χ0n) is 14.0. The first-order valence-electron chi connectivity index (χ1n) is 8.14. The third-order valence-electron chi connectivity index (χ3n) is 4.62. The Bertz CT molecular complexity index is 992. The molecule has 0 saturated heterocycles. The molecule has 1 aliphatic rings. The summed E-state index contributed by atoms with van der Waals surface area (Å²) in [5, 5.41) is 5.02. The van der Waals surface area contributed by atoms with Gasteiger partial charge in [0.05, 0.1) is 6.20 Å². The van der Waals surface area contributed by atoms with Crippen molar-refractivity contribution in [1.29, 1.82) is 0 Å². The molecule has 5 nitrogen and oxygen atoms in total. The molecule has 1 N–H and O–H groups in total. The van der Waals surface area contributed by atoms with Crippen molar-refractivity contribution < 1.29 is 8.42 Å². The Labute approximate surface area is 151 Å². The van der Waals surface area contributed by atoms with E-state index in [0.29, 0.717) is 10.1 Å². The molecule has 130 valence electrons. The summed E-state index contributed by atoms with van der Waals surface area (Å²) in [5.74, 6) is 0.537. The topological polar surface area (TPSA) is 64.0 Å². The van der Waals surface area contributed by atoms with Gasteiger partial charge >= 0.3 is 0 Å². The Kier molecular flexibility index (Phi) is 4.02. The molecule has 0 spiro atoms. The average Bonchev–Trinajstić information content (AvgIpc) is 3.02. The predicted molar refractivity (Wildman–Crippen MR) is 98.6 cm³/mol. The second-order valence-corrected chi connectivity index (χ2v) is 9.50. The van der Waals surface area contributed by atoms with Crippen molar-refractivity contribution in [1.82, 2.24) is 14.5 Å². The van der Waals surface area contributed by atoms with Crippen molar-refractivity contribution in [2.24, 2.45) is 5.92 Å². The lowest BCUT2D eigenvalue weighted by Gasteiger charge is -2.04. The van der Waals surface area contributed by atoms with Crippen LogP contribution in [0.25, 0.3) is 5.00 Å². The highest BCUT2D eigenvalue weighted by atomic mass is 32.2. The SMILES string of the molecule is Cc1cnn(-c2ccc(S(=O)(=O)N[C@H]3[C@H](C)[C@@H]3c3ccccc3)s2)c1. The van der Waals surface area contributed by atoms with Crippen molar-refractivity contribution in [3.05, 3.63) is 66.0 Å². The number of nitrogens with one attached hydrogen (secondary N) is 1. The minimum absolute atomic E-state index is 0.0510. The van der Waals surface area contributed by atoms with Gasteiger partial charge in [0.2, 0.25) is 10.0 Å². The van der Waals surface area contributed by atoms with Crippen molar-refractivity contribution in [2.75, 3.05) is 0 Å². The zero-order chi connectivity index (χ0) is 17.6. The molecular formula is C18H19N3O2S2. The summed E-state index contributed by atoms with van der Waals surface area (Å²) in [7, 11) is -3.52. The van der Waals surface area contributed by atoms with Gasteiger partial charge in [-0.2, -0.15) is 5.10 Å². The van der Waals surface area contributed by atoms with Gasteiger partial charge in [0.1, 0.15) is 9.21 Å². The molecule has 4 rings (SSSR count). The van der Waals surface area contributed by atoms with Crippen LogP contribution in [-0.4, -0.2) is 24.2 Å². The van der Waals surface area contributed by atoms with Crippen LogP contribution in [0.3, 0.4) is 0 Å². The summed E-state index contributed by atoms with van der Waals surface area (Å²) in [5.41, 5.74) is 2.22. The van der Waals surface area contributed by atoms with Gasteiger partial charge in [-0.1, -0.05) is 37.3 Å². The van der Waals surface area contributed by atoms with Crippen molar-refractivity contribution in [3.8, 4) is 5.00 Å². The number of aryl methyl sites for hydroxylation is 1. The number of nitrogens with zero attached hydrogens (tertiary/aromatic N) is 2. The summed E-state index contributed by atoms with van der Waals surface area (Å²) in [6.07, 6.45) is 3.63. The maximum absolute atomic E-state index is 12.7. The number of aromatic nitrogens is 2. The van der Waals surface area contributed by atoms with Crippen LogP contribution >= 0.6 is 11.3 Å². The molecule has 0 amide bonds. The first kappa shape index (κ1) is 16.5. The molecule has 25 heavy (non-hydrogen) atoms. The smallest absolute Gasteiger partial charge is 0.231 e. The number of thiophene rings is 1. The maximum Gasteiger partial charge on any atom is 0.250 e. The van der Waals surface area contributed by atoms with E-state index in [1.807, 2.05) is 31.3 Å². The van der Waals surface area contributed by atoms with Crippen LogP contribution in [0, 0.1) is 12.8 Å². The number of hydrogen-bond donors (Lipinski definition) is 1. The summed E-state index contributed by atoms with van der Waals surface area (Å²) in [6, 6.07) is 13.4. The first-order chi connectivity index (χ1) is 12.0. The van der Waals surface area contributed by atoms with Crippen LogP contribution in [0.1, 0.15) is 24.0 Å². The van der Waals surface area contributed by atoms with Crippen LogP contribution in [0.2, 0.25) is 0 Å². The molecule has 2 heterocycles. The fourth-order valence-electron chi connectivity index (χ4n) is 3.18. The molecule has 1 saturated carbocycles. The van der Waals surface area contributed by atoms with E-state index in [1.54, 1.807) is 23.0 Å². The van der Waals surface area contributed by atoms with Crippen LogP contribution in [0.4, 0.5) is 0 Å². The van der Waals surface area contributed by atoms with Gasteiger partial charge in [-0.05, 0) is 36.1 Å². The van der Waals surface area contributed by atoms with E-state index in [9.17, 15) is 8.42 Å². The van der Waals surface area contributed by atoms with Crippen LogP contribution in [0.5, 0.6) is 0 Å². The van der Waals surface area contributed by atoms with Crippen molar-refractivity contribution in [3.63, 3.8) is 0 Å². The Hall–Kier alpha value is -1.96. The van der Waals surface area contributed by atoms with Gasteiger partial charge in [0.25, 0.3) is 0 Å². The second kappa shape index (κ2) is 6.09. The molecule has 0 bridgehead atoms. The Balaban J connectivity index is 1.52. The maximum atomic E-state index is 12.7. The number of hydrogen-bond acceptors (Lipinski definition) is 4. The average molecular weight is 374 g/mol. The largest absolute Gasteiger partial charge is 0.250 e. The van der Waals surface area contributed by atoms with E-state index in [2.05, 4.69) is 28.9 Å². The quantitative estimate of drug-likeness (QED) is 0.746. The lowest BCUT2D eigenvalue weighted by atomic mass is 10.1. The monoisotopic (exact) mass is 373 g/mol. The first-order valence-corrected chi connectivity index (χ1v) is 10.4. The number of rotatable bonds is 5. The molecule has 3 atom stereocenters. The molecule has 0 radical (unpaired) electrons. The van der Waals surface area contributed by atoms with Gasteiger partial charge in [0, 0.05) is 18.2 Å². The second-order valence-electron chi connectivity index (χ2n) is 6.50.